The van der Waals surface area contributed by atoms with Crippen molar-refractivity contribution in [1.82, 2.24) is 15.2 Å². The third kappa shape index (κ3) is 6.47. The Balaban J connectivity index is 1.50. The molecule has 11 heteroatoms. The van der Waals surface area contributed by atoms with Crippen molar-refractivity contribution in [2.45, 2.75) is 42.3 Å². The zero-order chi connectivity index (χ0) is 28.8. The number of thioether (sulfide) groups is 1. The lowest BCUT2D eigenvalue weighted by atomic mass is 9.95. The number of aliphatic hydroxyl groups excluding tert-OH is 1. The molecule has 1 aliphatic heterocycles. The number of hydrogen-bond acceptors (Lipinski definition) is 9. The molecule has 41 heavy (non-hydrogen) atoms. The second-order valence-corrected chi connectivity index (χ2v) is 11.5. The van der Waals surface area contributed by atoms with Gasteiger partial charge in [0.15, 0.2) is 4.34 Å². The maximum atomic E-state index is 13.5. The molecule has 5 rings (SSSR count). The van der Waals surface area contributed by atoms with Crippen molar-refractivity contribution >= 4 is 45.7 Å². The van der Waals surface area contributed by atoms with Crippen molar-refractivity contribution in [3.8, 4) is 5.75 Å². The van der Waals surface area contributed by atoms with Gasteiger partial charge in [-0.1, -0.05) is 67.1 Å². The summed E-state index contributed by atoms with van der Waals surface area (Å²) in [5.41, 5.74) is 1.80. The van der Waals surface area contributed by atoms with E-state index in [9.17, 15) is 19.1 Å². The fourth-order valence-corrected chi connectivity index (χ4v) is 6.23. The number of carbonyl (C=O) groups is 2. The molecular formula is C30H27FN4O4S2. The number of amides is 1. The van der Waals surface area contributed by atoms with Gasteiger partial charge in [-0.15, -0.1) is 10.2 Å². The van der Waals surface area contributed by atoms with Gasteiger partial charge < -0.3 is 9.84 Å². The number of aromatic nitrogens is 3. The highest BCUT2D eigenvalue weighted by molar-refractivity contribution is 8.00. The van der Waals surface area contributed by atoms with Crippen molar-refractivity contribution in [2.75, 3.05) is 11.5 Å². The van der Waals surface area contributed by atoms with E-state index in [0.717, 1.165) is 36.2 Å². The Hall–Kier alpha value is -4.09. The van der Waals surface area contributed by atoms with Gasteiger partial charge in [-0.25, -0.2) is 4.39 Å². The first-order valence-electron chi connectivity index (χ1n) is 13.1. The van der Waals surface area contributed by atoms with E-state index in [4.69, 9.17) is 4.74 Å². The molecule has 0 bridgehead atoms. The third-order valence-corrected chi connectivity index (χ3v) is 8.59. The standard InChI is InChI=1S/C30H27FN4O4S2/c1-2-3-4-16-39-23-7-5-6-21(17-23)25-24(26(36)20-12-14-32-15-13-20)27(37)28(38)35(25)29-33-34-30(41-29)40-18-19-8-10-22(31)11-9-19/h5-15,17,25,36H,2-4,16,18H2,1H3. The Morgan fingerprint density at radius 3 is 2.61 bits per heavy atom. The Morgan fingerprint density at radius 2 is 1.85 bits per heavy atom. The van der Waals surface area contributed by atoms with Crippen LogP contribution < -0.4 is 9.64 Å². The first-order valence-corrected chi connectivity index (χ1v) is 14.9. The number of carbonyl (C=O) groups excluding carboxylic acids is 2. The van der Waals surface area contributed by atoms with Gasteiger partial charge in [-0.3, -0.25) is 19.5 Å². The van der Waals surface area contributed by atoms with Crippen LogP contribution in [0.25, 0.3) is 5.76 Å². The van der Waals surface area contributed by atoms with Crippen molar-refractivity contribution in [3.63, 3.8) is 0 Å². The molecule has 1 unspecified atom stereocenters. The summed E-state index contributed by atoms with van der Waals surface area (Å²) in [6, 6.07) is 15.5. The summed E-state index contributed by atoms with van der Waals surface area (Å²) in [4.78, 5) is 32.2. The van der Waals surface area contributed by atoms with Gasteiger partial charge in [-0.05, 0) is 53.9 Å². The highest BCUT2D eigenvalue weighted by atomic mass is 32.2. The van der Waals surface area contributed by atoms with Gasteiger partial charge in [0.2, 0.25) is 5.13 Å². The molecule has 1 aliphatic rings. The summed E-state index contributed by atoms with van der Waals surface area (Å²) in [5.74, 6) is -1.13. The molecule has 1 atom stereocenters. The second kappa shape index (κ2) is 13.0. The van der Waals surface area contributed by atoms with Crippen LogP contribution in [0.3, 0.4) is 0 Å². The lowest BCUT2D eigenvalue weighted by Gasteiger charge is -2.23. The van der Waals surface area contributed by atoms with Crippen LogP contribution in [0.1, 0.15) is 48.9 Å². The number of unbranched alkanes of at least 4 members (excludes halogenated alkanes) is 2. The minimum absolute atomic E-state index is 0.0555. The van der Waals surface area contributed by atoms with Gasteiger partial charge in [0.25, 0.3) is 5.78 Å². The maximum Gasteiger partial charge on any atom is 0.301 e. The monoisotopic (exact) mass is 590 g/mol. The molecule has 1 amide bonds. The highest BCUT2D eigenvalue weighted by Crippen LogP contribution is 2.44. The quantitative estimate of drug-likeness (QED) is 0.0523. The number of ketones is 1. The number of aliphatic hydroxyl groups is 1. The molecule has 2 aromatic carbocycles. The van der Waals surface area contributed by atoms with Crippen LogP contribution in [0.4, 0.5) is 9.52 Å². The van der Waals surface area contributed by atoms with Crippen LogP contribution in [0.5, 0.6) is 5.75 Å². The summed E-state index contributed by atoms with van der Waals surface area (Å²) < 4.78 is 19.8. The molecule has 0 spiro atoms. The Kier molecular flexibility index (Phi) is 9.05. The molecule has 1 saturated heterocycles. The first-order chi connectivity index (χ1) is 20.0. The molecule has 8 nitrogen and oxygen atoms in total. The summed E-state index contributed by atoms with van der Waals surface area (Å²) in [5, 5.41) is 20.0. The highest BCUT2D eigenvalue weighted by Gasteiger charge is 2.48. The minimum atomic E-state index is -0.953. The molecular weight excluding hydrogens is 563 g/mol. The molecule has 2 aromatic heterocycles. The van der Waals surface area contributed by atoms with Gasteiger partial charge in [0.1, 0.15) is 17.3 Å². The zero-order valence-corrected chi connectivity index (χ0v) is 23.8. The zero-order valence-electron chi connectivity index (χ0n) is 22.2. The van der Waals surface area contributed by atoms with E-state index in [-0.39, 0.29) is 22.3 Å². The molecule has 1 N–H and O–H groups in total. The fraction of sp³-hybridized carbons (Fsp3) is 0.233. The number of Topliss-reactive ketones (excluding diaryl/α,β-unsaturated/α-hetero) is 1. The Labute approximate surface area is 244 Å². The van der Waals surface area contributed by atoms with Gasteiger partial charge >= 0.3 is 5.91 Å². The minimum Gasteiger partial charge on any atom is -0.507 e. The van der Waals surface area contributed by atoms with Gasteiger partial charge in [0, 0.05) is 23.7 Å². The number of rotatable bonds is 11. The van der Waals surface area contributed by atoms with E-state index < -0.39 is 17.7 Å². The number of nitrogens with zero attached hydrogens (tertiary/aromatic N) is 4. The van der Waals surface area contributed by atoms with Gasteiger partial charge in [-0.2, -0.15) is 0 Å². The van der Waals surface area contributed by atoms with Crippen molar-refractivity contribution < 1.29 is 23.8 Å². The van der Waals surface area contributed by atoms with Crippen LogP contribution in [0.15, 0.2) is 83.0 Å². The average Bonchev–Trinajstić information content (AvgIpc) is 3.57. The molecule has 4 aromatic rings. The van der Waals surface area contributed by atoms with E-state index in [1.165, 1.54) is 41.2 Å². The van der Waals surface area contributed by atoms with Crippen LogP contribution in [-0.2, 0) is 15.3 Å². The Morgan fingerprint density at radius 1 is 1.07 bits per heavy atom. The number of hydrogen-bond donors (Lipinski definition) is 1. The topological polar surface area (TPSA) is 106 Å². The first kappa shape index (κ1) is 28.4. The van der Waals surface area contributed by atoms with Crippen molar-refractivity contribution in [3.05, 3.63) is 101 Å². The van der Waals surface area contributed by atoms with E-state index in [1.807, 2.05) is 6.07 Å². The lowest BCUT2D eigenvalue weighted by molar-refractivity contribution is -0.132. The van der Waals surface area contributed by atoms with E-state index in [1.54, 1.807) is 42.5 Å². The predicted molar refractivity (Wildman–Crippen MR) is 156 cm³/mol. The predicted octanol–water partition coefficient (Wildman–Crippen LogP) is 6.56. The summed E-state index contributed by atoms with van der Waals surface area (Å²) in [7, 11) is 0. The lowest BCUT2D eigenvalue weighted by Crippen LogP contribution is -2.29. The van der Waals surface area contributed by atoms with Crippen LogP contribution in [-0.4, -0.2) is 38.6 Å². The maximum absolute atomic E-state index is 13.5. The Bertz CT molecular complexity index is 1560. The van der Waals surface area contributed by atoms with Gasteiger partial charge in [0.05, 0.1) is 18.2 Å². The molecule has 210 valence electrons. The average molecular weight is 591 g/mol. The van der Waals surface area contributed by atoms with Crippen molar-refractivity contribution in [2.24, 2.45) is 0 Å². The third-order valence-electron chi connectivity index (χ3n) is 6.47. The van der Waals surface area contributed by atoms with Crippen LogP contribution >= 0.6 is 23.1 Å². The van der Waals surface area contributed by atoms with E-state index in [0.29, 0.717) is 33.6 Å². The molecule has 3 heterocycles. The molecule has 1 fully saturated rings. The largest absolute Gasteiger partial charge is 0.507 e. The number of benzene rings is 2. The van der Waals surface area contributed by atoms with Crippen LogP contribution in [0, 0.1) is 5.82 Å². The smallest absolute Gasteiger partial charge is 0.301 e. The van der Waals surface area contributed by atoms with Crippen molar-refractivity contribution in [1.29, 1.82) is 0 Å². The number of anilines is 1. The molecule has 0 aliphatic carbocycles. The number of pyridine rings is 1. The summed E-state index contributed by atoms with van der Waals surface area (Å²) in [6.45, 7) is 2.66. The fourth-order valence-electron chi connectivity index (χ4n) is 4.41. The second-order valence-electron chi connectivity index (χ2n) is 9.30. The normalized spacial score (nSPS) is 16.3. The number of halogens is 1. The van der Waals surface area contributed by atoms with Crippen LogP contribution in [0.2, 0.25) is 0 Å². The summed E-state index contributed by atoms with van der Waals surface area (Å²) in [6.07, 6.45) is 6.02. The van der Waals surface area contributed by atoms with E-state index >= 15 is 0 Å². The number of ether oxygens (including phenoxy) is 1. The van der Waals surface area contributed by atoms with E-state index in [2.05, 4.69) is 22.1 Å². The SMILES string of the molecule is CCCCCOc1cccc(C2C(=C(O)c3ccncc3)C(=O)C(=O)N2c2nnc(SCc3ccc(F)cc3)s2)c1. The molecule has 0 radical (unpaired) electrons. The summed E-state index contributed by atoms with van der Waals surface area (Å²) >= 11 is 2.55. The molecule has 0 saturated carbocycles.